The molecule has 0 bridgehead atoms. The van der Waals surface area contributed by atoms with Gasteiger partial charge < -0.3 is 10.3 Å². The number of pyridine rings is 1. The van der Waals surface area contributed by atoms with Gasteiger partial charge in [0.15, 0.2) is 17.3 Å². The second-order valence-corrected chi connectivity index (χ2v) is 6.23. The van der Waals surface area contributed by atoms with Crippen LogP contribution in [0.1, 0.15) is 12.8 Å². The Morgan fingerprint density at radius 3 is 2.64 bits per heavy atom. The van der Waals surface area contributed by atoms with Gasteiger partial charge >= 0.3 is 0 Å². The third kappa shape index (κ3) is 2.55. The molecule has 1 saturated heterocycles. The van der Waals surface area contributed by atoms with Crippen LogP contribution in [0, 0.1) is 0 Å². The molecule has 3 heterocycles. The van der Waals surface area contributed by atoms with Crippen molar-refractivity contribution in [3.05, 3.63) is 17.3 Å². The molecule has 0 unspecified atom stereocenters. The molecule has 0 amide bonds. The van der Waals surface area contributed by atoms with Gasteiger partial charge in [-0.15, -0.1) is 0 Å². The summed E-state index contributed by atoms with van der Waals surface area (Å²) < 4.78 is 0. The Kier molecular flexibility index (Phi) is 3.48. The molecule has 0 radical (unpaired) electrons. The van der Waals surface area contributed by atoms with Gasteiger partial charge in [0.25, 0.3) is 0 Å². The zero-order valence-electron chi connectivity index (χ0n) is 12.2. The zero-order valence-corrected chi connectivity index (χ0v) is 12.9. The van der Waals surface area contributed by atoms with Crippen molar-refractivity contribution in [3.63, 3.8) is 0 Å². The number of nitrogen functional groups attached to an aromatic ring is 1. The summed E-state index contributed by atoms with van der Waals surface area (Å²) in [6.07, 6.45) is 4.27. The number of nitrogens with zero attached hydrogens (tertiary/aromatic N) is 5. The summed E-state index contributed by atoms with van der Waals surface area (Å²) in [5.74, 6) is 6.96. The number of hydrazine groups is 1. The van der Waals surface area contributed by atoms with E-state index in [4.69, 9.17) is 17.4 Å². The van der Waals surface area contributed by atoms with Crippen LogP contribution in [0.3, 0.4) is 0 Å². The van der Waals surface area contributed by atoms with E-state index in [1.807, 2.05) is 0 Å². The Labute approximate surface area is 133 Å². The van der Waals surface area contributed by atoms with Gasteiger partial charge in [-0.1, -0.05) is 11.6 Å². The SMILES string of the molecule is NNc1nc2cc(Cl)cnc2nc1N1CCN(C2CC2)CC1. The van der Waals surface area contributed by atoms with Crippen molar-refractivity contribution in [1.82, 2.24) is 19.9 Å². The molecule has 8 heteroatoms. The number of piperazine rings is 1. The van der Waals surface area contributed by atoms with Crippen molar-refractivity contribution in [3.8, 4) is 0 Å². The Morgan fingerprint density at radius 2 is 1.95 bits per heavy atom. The van der Waals surface area contributed by atoms with Crippen LogP contribution >= 0.6 is 11.6 Å². The summed E-state index contributed by atoms with van der Waals surface area (Å²) >= 11 is 5.96. The number of nitrogens with one attached hydrogen (secondary N) is 1. The van der Waals surface area contributed by atoms with Crippen molar-refractivity contribution < 1.29 is 0 Å². The van der Waals surface area contributed by atoms with E-state index in [0.717, 1.165) is 38.0 Å². The molecule has 116 valence electrons. The summed E-state index contributed by atoms with van der Waals surface area (Å²) in [4.78, 5) is 18.2. The minimum Gasteiger partial charge on any atom is -0.351 e. The van der Waals surface area contributed by atoms with E-state index in [1.165, 1.54) is 12.8 Å². The molecule has 2 aliphatic rings. The highest BCUT2D eigenvalue weighted by molar-refractivity contribution is 6.31. The number of hydrogen-bond acceptors (Lipinski definition) is 7. The molecule has 2 aromatic heterocycles. The van der Waals surface area contributed by atoms with Crippen LogP contribution in [0.5, 0.6) is 0 Å². The molecular formula is C14H18ClN7. The van der Waals surface area contributed by atoms with Crippen LogP contribution in [0.15, 0.2) is 12.3 Å². The minimum atomic E-state index is 0.538. The number of aromatic nitrogens is 3. The third-order valence-corrected chi connectivity index (χ3v) is 4.49. The fourth-order valence-corrected chi connectivity index (χ4v) is 3.12. The third-order valence-electron chi connectivity index (χ3n) is 4.28. The van der Waals surface area contributed by atoms with Gasteiger partial charge in [0.05, 0.1) is 5.02 Å². The van der Waals surface area contributed by atoms with Gasteiger partial charge in [-0.3, -0.25) is 4.90 Å². The van der Waals surface area contributed by atoms with E-state index in [2.05, 4.69) is 30.2 Å². The first-order valence-electron chi connectivity index (χ1n) is 7.53. The normalized spacial score (nSPS) is 19.6. The molecule has 1 aliphatic carbocycles. The first-order chi connectivity index (χ1) is 10.7. The van der Waals surface area contributed by atoms with Gasteiger partial charge in [-0.2, -0.15) is 0 Å². The molecule has 7 nitrogen and oxygen atoms in total. The molecule has 22 heavy (non-hydrogen) atoms. The van der Waals surface area contributed by atoms with E-state index in [-0.39, 0.29) is 0 Å². The van der Waals surface area contributed by atoms with E-state index in [0.29, 0.717) is 22.0 Å². The number of nitrogens with two attached hydrogens (primary N) is 1. The van der Waals surface area contributed by atoms with Gasteiger partial charge in [0.1, 0.15) is 5.52 Å². The average molecular weight is 320 g/mol. The summed E-state index contributed by atoms with van der Waals surface area (Å²) in [5, 5.41) is 0.538. The van der Waals surface area contributed by atoms with Crippen molar-refractivity contribution in [2.24, 2.45) is 5.84 Å². The number of fused-ring (bicyclic) bond motifs is 1. The number of rotatable bonds is 3. The first kappa shape index (κ1) is 13.9. The monoisotopic (exact) mass is 319 g/mol. The van der Waals surface area contributed by atoms with Gasteiger partial charge in [0, 0.05) is 38.4 Å². The Morgan fingerprint density at radius 1 is 1.18 bits per heavy atom. The molecule has 2 aromatic rings. The highest BCUT2D eigenvalue weighted by atomic mass is 35.5. The Hall–Kier alpha value is -1.70. The van der Waals surface area contributed by atoms with Crippen LogP contribution in [0.25, 0.3) is 11.2 Å². The van der Waals surface area contributed by atoms with Crippen molar-refractivity contribution in [2.45, 2.75) is 18.9 Å². The van der Waals surface area contributed by atoms with Gasteiger partial charge in [-0.25, -0.2) is 20.8 Å². The van der Waals surface area contributed by atoms with E-state index in [9.17, 15) is 0 Å². The summed E-state index contributed by atoms with van der Waals surface area (Å²) in [5.41, 5.74) is 3.88. The lowest BCUT2D eigenvalue weighted by Crippen LogP contribution is -2.47. The molecule has 1 aliphatic heterocycles. The maximum Gasteiger partial charge on any atom is 0.184 e. The minimum absolute atomic E-state index is 0.538. The standard InChI is InChI=1S/C14H18ClN7/c15-9-7-11-12(17-8-9)19-14(13(18-11)20-16)22-5-3-21(4-6-22)10-1-2-10/h7-8,10H,1-6,16H2,(H,18,20). The number of halogens is 1. The number of hydrogen-bond donors (Lipinski definition) is 2. The second kappa shape index (κ2) is 5.49. The van der Waals surface area contributed by atoms with E-state index < -0.39 is 0 Å². The Balaban J connectivity index is 1.63. The molecule has 1 saturated carbocycles. The van der Waals surface area contributed by atoms with Crippen LogP contribution in [-0.4, -0.2) is 52.1 Å². The van der Waals surface area contributed by atoms with Gasteiger partial charge in [0.2, 0.25) is 0 Å². The maximum atomic E-state index is 5.96. The first-order valence-corrected chi connectivity index (χ1v) is 7.91. The predicted molar refractivity (Wildman–Crippen MR) is 87.0 cm³/mol. The highest BCUT2D eigenvalue weighted by Crippen LogP contribution is 2.30. The van der Waals surface area contributed by atoms with Crippen molar-refractivity contribution in [1.29, 1.82) is 0 Å². The second-order valence-electron chi connectivity index (χ2n) is 5.79. The average Bonchev–Trinajstić information content (AvgIpc) is 3.38. The van der Waals surface area contributed by atoms with Crippen LogP contribution in [-0.2, 0) is 0 Å². The molecule has 4 rings (SSSR count). The molecular weight excluding hydrogens is 302 g/mol. The summed E-state index contributed by atoms with van der Waals surface area (Å²) in [7, 11) is 0. The largest absolute Gasteiger partial charge is 0.351 e. The van der Waals surface area contributed by atoms with Crippen molar-refractivity contribution >= 4 is 34.4 Å². The van der Waals surface area contributed by atoms with Gasteiger partial charge in [-0.05, 0) is 18.9 Å². The summed E-state index contributed by atoms with van der Waals surface area (Å²) in [6.45, 7) is 3.97. The van der Waals surface area contributed by atoms with E-state index >= 15 is 0 Å². The smallest absolute Gasteiger partial charge is 0.184 e. The zero-order chi connectivity index (χ0) is 15.1. The van der Waals surface area contributed by atoms with E-state index in [1.54, 1.807) is 12.3 Å². The highest BCUT2D eigenvalue weighted by Gasteiger charge is 2.32. The quantitative estimate of drug-likeness (QED) is 0.650. The van der Waals surface area contributed by atoms with Crippen molar-refractivity contribution in [2.75, 3.05) is 36.5 Å². The fraction of sp³-hybridized carbons (Fsp3) is 0.500. The fourth-order valence-electron chi connectivity index (χ4n) is 2.97. The summed E-state index contributed by atoms with van der Waals surface area (Å²) in [6, 6.07) is 2.55. The molecule has 0 aromatic carbocycles. The number of anilines is 2. The molecule has 0 atom stereocenters. The predicted octanol–water partition coefficient (Wildman–Crippen LogP) is 1.25. The molecule has 0 spiro atoms. The van der Waals surface area contributed by atoms with Crippen LogP contribution < -0.4 is 16.2 Å². The lowest BCUT2D eigenvalue weighted by molar-refractivity contribution is 0.247. The lowest BCUT2D eigenvalue weighted by Gasteiger charge is -2.35. The molecule has 3 N–H and O–H groups in total. The lowest BCUT2D eigenvalue weighted by atomic mass is 10.3. The maximum absolute atomic E-state index is 5.96. The topological polar surface area (TPSA) is 83.2 Å². The van der Waals surface area contributed by atoms with Crippen LogP contribution in [0.2, 0.25) is 5.02 Å². The van der Waals surface area contributed by atoms with Crippen LogP contribution in [0.4, 0.5) is 11.6 Å². The molecule has 2 fully saturated rings. The Bertz CT molecular complexity index is 695.